The third-order valence-electron chi connectivity index (χ3n) is 2.99. The molecule has 20 heavy (non-hydrogen) atoms. The summed E-state index contributed by atoms with van der Waals surface area (Å²) in [5.74, 6) is 0.704. The normalized spacial score (nSPS) is 10.6. The number of rotatable bonds is 6. The molecule has 4 heteroatoms. The van der Waals surface area contributed by atoms with E-state index in [9.17, 15) is 9.50 Å². The smallest absolute Gasteiger partial charge is 0.134 e. The molecule has 0 spiro atoms. The number of benzene rings is 2. The molecule has 0 saturated heterocycles. The molecule has 2 rings (SSSR count). The lowest BCUT2D eigenvalue weighted by Crippen LogP contribution is -2.13. The van der Waals surface area contributed by atoms with E-state index in [-0.39, 0.29) is 12.4 Å². The van der Waals surface area contributed by atoms with E-state index in [1.54, 1.807) is 24.3 Å². The zero-order valence-corrected chi connectivity index (χ0v) is 11.4. The van der Waals surface area contributed by atoms with Crippen LogP contribution in [0.3, 0.4) is 0 Å². The molecule has 0 aliphatic carbocycles. The summed E-state index contributed by atoms with van der Waals surface area (Å²) in [5.41, 5.74) is 1.16. The minimum Gasteiger partial charge on any atom is -0.457 e. The van der Waals surface area contributed by atoms with Gasteiger partial charge in [0.1, 0.15) is 17.3 Å². The fourth-order valence-electron chi connectivity index (χ4n) is 1.91. The first-order chi connectivity index (χ1) is 9.76. The zero-order chi connectivity index (χ0) is 14.4. The highest BCUT2D eigenvalue weighted by Crippen LogP contribution is 2.29. The van der Waals surface area contributed by atoms with Crippen LogP contribution in [0.2, 0.25) is 0 Å². The van der Waals surface area contributed by atoms with Crippen LogP contribution in [0.5, 0.6) is 11.5 Å². The van der Waals surface area contributed by atoms with Gasteiger partial charge in [-0.25, -0.2) is 4.39 Å². The first-order valence-corrected chi connectivity index (χ1v) is 6.61. The molecule has 0 radical (unpaired) electrons. The molecule has 0 amide bonds. The maximum absolute atomic E-state index is 13.9. The van der Waals surface area contributed by atoms with Gasteiger partial charge in [0, 0.05) is 17.7 Å². The van der Waals surface area contributed by atoms with Crippen LogP contribution in [-0.2, 0) is 13.2 Å². The average molecular weight is 275 g/mol. The van der Waals surface area contributed by atoms with Crippen molar-refractivity contribution in [3.05, 3.63) is 59.4 Å². The molecule has 0 atom stereocenters. The second-order valence-corrected chi connectivity index (χ2v) is 4.36. The topological polar surface area (TPSA) is 41.5 Å². The Labute approximate surface area is 118 Å². The standard InChI is InChI=1S/C16H18FNO2/c1-2-18-10-13-14(17)7-5-9-16(13)20-15-8-4-3-6-12(15)11-19/h3-9,18-19H,2,10-11H2,1H3. The molecule has 3 nitrogen and oxygen atoms in total. The van der Waals surface area contributed by atoms with Crippen LogP contribution in [0, 0.1) is 5.82 Å². The second-order valence-electron chi connectivity index (χ2n) is 4.36. The number of para-hydroxylation sites is 1. The molecule has 0 saturated carbocycles. The van der Waals surface area contributed by atoms with Gasteiger partial charge in [-0.05, 0) is 24.7 Å². The molecule has 0 unspecified atom stereocenters. The average Bonchev–Trinajstić information content (AvgIpc) is 2.47. The van der Waals surface area contributed by atoms with Crippen LogP contribution in [0.1, 0.15) is 18.1 Å². The minimum absolute atomic E-state index is 0.117. The van der Waals surface area contributed by atoms with Crippen molar-refractivity contribution in [2.75, 3.05) is 6.54 Å². The maximum atomic E-state index is 13.9. The van der Waals surface area contributed by atoms with Crippen molar-refractivity contribution in [2.45, 2.75) is 20.1 Å². The Hall–Kier alpha value is -1.91. The number of ether oxygens (including phenoxy) is 1. The summed E-state index contributed by atoms with van der Waals surface area (Å²) in [6.45, 7) is 3.00. The van der Waals surface area contributed by atoms with Crippen LogP contribution >= 0.6 is 0 Å². The van der Waals surface area contributed by atoms with Gasteiger partial charge in [-0.2, -0.15) is 0 Å². The Morgan fingerprint density at radius 3 is 2.60 bits per heavy atom. The van der Waals surface area contributed by atoms with E-state index in [0.717, 1.165) is 6.54 Å². The Morgan fingerprint density at radius 2 is 1.85 bits per heavy atom. The lowest BCUT2D eigenvalue weighted by molar-refractivity contribution is 0.276. The van der Waals surface area contributed by atoms with Gasteiger partial charge in [0.25, 0.3) is 0 Å². The first kappa shape index (κ1) is 14.5. The summed E-state index contributed by atoms with van der Waals surface area (Å²) in [6.07, 6.45) is 0. The molecule has 0 aromatic heterocycles. The van der Waals surface area contributed by atoms with Crippen LogP contribution in [0.4, 0.5) is 4.39 Å². The number of hydrogen-bond donors (Lipinski definition) is 2. The third-order valence-corrected chi connectivity index (χ3v) is 2.99. The van der Waals surface area contributed by atoms with Crippen LogP contribution < -0.4 is 10.1 Å². The number of hydrogen-bond acceptors (Lipinski definition) is 3. The molecule has 0 aliphatic rings. The van der Waals surface area contributed by atoms with Crippen molar-refractivity contribution in [1.29, 1.82) is 0 Å². The fraction of sp³-hybridized carbons (Fsp3) is 0.250. The van der Waals surface area contributed by atoms with E-state index in [4.69, 9.17) is 4.74 Å². The summed E-state index contributed by atoms with van der Waals surface area (Å²) in [5, 5.41) is 12.4. The Balaban J connectivity index is 2.30. The molecule has 2 aromatic rings. The van der Waals surface area contributed by atoms with Crippen LogP contribution in [-0.4, -0.2) is 11.7 Å². The highest BCUT2D eigenvalue weighted by atomic mass is 19.1. The molecule has 0 heterocycles. The number of nitrogens with one attached hydrogen (secondary N) is 1. The molecule has 2 aromatic carbocycles. The van der Waals surface area contributed by atoms with Gasteiger partial charge in [0.2, 0.25) is 0 Å². The van der Waals surface area contributed by atoms with E-state index in [2.05, 4.69) is 5.32 Å². The Kier molecular flexibility index (Phi) is 5.09. The summed E-state index contributed by atoms with van der Waals surface area (Å²) in [6, 6.07) is 11.9. The van der Waals surface area contributed by atoms with E-state index in [0.29, 0.717) is 29.2 Å². The number of aliphatic hydroxyl groups excluding tert-OH is 1. The van der Waals surface area contributed by atoms with Gasteiger partial charge in [-0.1, -0.05) is 31.2 Å². The maximum Gasteiger partial charge on any atom is 0.134 e. The molecular weight excluding hydrogens is 257 g/mol. The first-order valence-electron chi connectivity index (χ1n) is 6.61. The van der Waals surface area contributed by atoms with E-state index in [1.807, 2.05) is 19.1 Å². The zero-order valence-electron chi connectivity index (χ0n) is 11.4. The monoisotopic (exact) mass is 275 g/mol. The number of halogens is 1. The SMILES string of the molecule is CCNCc1c(F)cccc1Oc1ccccc1CO. The fourth-order valence-corrected chi connectivity index (χ4v) is 1.91. The van der Waals surface area contributed by atoms with Crippen LogP contribution in [0.15, 0.2) is 42.5 Å². The van der Waals surface area contributed by atoms with Crippen molar-refractivity contribution in [2.24, 2.45) is 0 Å². The van der Waals surface area contributed by atoms with Crippen molar-refractivity contribution in [3.8, 4) is 11.5 Å². The highest BCUT2D eigenvalue weighted by Gasteiger charge is 2.11. The van der Waals surface area contributed by atoms with Gasteiger partial charge in [0.15, 0.2) is 0 Å². The van der Waals surface area contributed by atoms with Gasteiger partial charge in [-0.15, -0.1) is 0 Å². The predicted octanol–water partition coefficient (Wildman–Crippen LogP) is 3.22. The van der Waals surface area contributed by atoms with Gasteiger partial charge >= 0.3 is 0 Å². The van der Waals surface area contributed by atoms with Crippen molar-refractivity contribution in [3.63, 3.8) is 0 Å². The largest absolute Gasteiger partial charge is 0.457 e. The van der Waals surface area contributed by atoms with Gasteiger partial charge in [0.05, 0.1) is 6.61 Å². The lowest BCUT2D eigenvalue weighted by Gasteiger charge is -2.14. The second kappa shape index (κ2) is 7.03. The van der Waals surface area contributed by atoms with E-state index < -0.39 is 0 Å². The quantitative estimate of drug-likeness (QED) is 0.850. The van der Waals surface area contributed by atoms with Crippen molar-refractivity contribution in [1.82, 2.24) is 5.32 Å². The lowest BCUT2D eigenvalue weighted by atomic mass is 10.1. The summed E-state index contributed by atoms with van der Waals surface area (Å²) in [7, 11) is 0. The number of aliphatic hydroxyl groups is 1. The highest BCUT2D eigenvalue weighted by molar-refractivity contribution is 5.41. The third kappa shape index (κ3) is 3.35. The summed E-state index contributed by atoms with van der Waals surface area (Å²) >= 11 is 0. The molecule has 0 aliphatic heterocycles. The molecule has 0 bridgehead atoms. The predicted molar refractivity (Wildman–Crippen MR) is 76.2 cm³/mol. The van der Waals surface area contributed by atoms with E-state index >= 15 is 0 Å². The van der Waals surface area contributed by atoms with Gasteiger partial charge in [-0.3, -0.25) is 0 Å². The molecule has 2 N–H and O–H groups in total. The molecule has 106 valence electrons. The summed E-state index contributed by atoms with van der Waals surface area (Å²) in [4.78, 5) is 0. The molecule has 0 fully saturated rings. The molecular formula is C16H18FNO2. The van der Waals surface area contributed by atoms with Crippen LogP contribution in [0.25, 0.3) is 0 Å². The minimum atomic E-state index is -0.301. The van der Waals surface area contributed by atoms with E-state index in [1.165, 1.54) is 6.07 Å². The Morgan fingerprint density at radius 1 is 1.10 bits per heavy atom. The van der Waals surface area contributed by atoms with Crippen molar-refractivity contribution >= 4 is 0 Å². The van der Waals surface area contributed by atoms with Gasteiger partial charge < -0.3 is 15.2 Å². The van der Waals surface area contributed by atoms with Crippen molar-refractivity contribution < 1.29 is 14.2 Å². The summed E-state index contributed by atoms with van der Waals surface area (Å²) < 4.78 is 19.7. The Bertz CT molecular complexity index is 572.